The van der Waals surface area contributed by atoms with Crippen molar-refractivity contribution in [3.63, 3.8) is 0 Å². The van der Waals surface area contributed by atoms with Gasteiger partial charge in [-0.25, -0.2) is 0 Å². The topological polar surface area (TPSA) is 60.9 Å². The number of carbonyl (C=O) groups excluding carboxylic acids is 1. The number of aliphatic carboxylic acids is 1. The van der Waals surface area contributed by atoms with Gasteiger partial charge in [0.25, 0.3) is 5.91 Å². The van der Waals surface area contributed by atoms with Gasteiger partial charge in [0.15, 0.2) is 0 Å². The van der Waals surface area contributed by atoms with Gasteiger partial charge in [0.2, 0.25) is 0 Å². The maximum atomic E-state index is 12.8. The summed E-state index contributed by atoms with van der Waals surface area (Å²) in [5.74, 6) is -0.736. The number of benzene rings is 1. The van der Waals surface area contributed by atoms with Crippen molar-refractivity contribution in [1.82, 2.24) is 9.80 Å². The lowest BCUT2D eigenvalue weighted by molar-refractivity contribution is -0.148. The normalized spacial score (nSPS) is 30.0. The second kappa shape index (κ2) is 6.13. The van der Waals surface area contributed by atoms with E-state index in [1.54, 1.807) is 4.90 Å². The number of amides is 1. The van der Waals surface area contributed by atoms with Crippen LogP contribution in [0.2, 0.25) is 0 Å². The summed E-state index contributed by atoms with van der Waals surface area (Å²) in [6, 6.07) is 8.08. The fraction of sp³-hybridized carbons (Fsp3) is 0.600. The minimum Gasteiger partial charge on any atom is -0.481 e. The fourth-order valence-electron chi connectivity index (χ4n) is 4.99. The van der Waals surface area contributed by atoms with Crippen molar-refractivity contribution in [2.45, 2.75) is 38.6 Å². The smallest absolute Gasteiger partial charge is 0.313 e. The molecular formula is C20H26N2O3. The summed E-state index contributed by atoms with van der Waals surface area (Å²) in [5, 5.41) is 9.98. The molecule has 2 atom stereocenters. The van der Waals surface area contributed by atoms with Crippen LogP contribution in [-0.2, 0) is 4.79 Å². The van der Waals surface area contributed by atoms with E-state index in [1.165, 1.54) is 25.7 Å². The van der Waals surface area contributed by atoms with Crippen molar-refractivity contribution in [3.05, 3.63) is 35.4 Å². The van der Waals surface area contributed by atoms with Crippen LogP contribution in [0.4, 0.5) is 0 Å². The zero-order valence-corrected chi connectivity index (χ0v) is 14.8. The number of hydrogen-bond acceptors (Lipinski definition) is 3. The average Bonchev–Trinajstić information content (AvgIpc) is 3.28. The van der Waals surface area contributed by atoms with E-state index < -0.39 is 11.4 Å². The Morgan fingerprint density at radius 2 is 1.76 bits per heavy atom. The molecule has 0 radical (unpaired) electrons. The third-order valence-corrected chi connectivity index (χ3v) is 6.49. The molecule has 5 heteroatoms. The van der Waals surface area contributed by atoms with Crippen molar-refractivity contribution in [2.75, 3.05) is 26.2 Å². The van der Waals surface area contributed by atoms with E-state index in [2.05, 4.69) is 4.90 Å². The van der Waals surface area contributed by atoms with E-state index in [-0.39, 0.29) is 11.8 Å². The van der Waals surface area contributed by atoms with Crippen molar-refractivity contribution < 1.29 is 14.7 Å². The highest BCUT2D eigenvalue weighted by Gasteiger charge is 2.59. The summed E-state index contributed by atoms with van der Waals surface area (Å²) >= 11 is 0. The molecule has 3 fully saturated rings. The summed E-state index contributed by atoms with van der Waals surface area (Å²) < 4.78 is 0. The van der Waals surface area contributed by atoms with Gasteiger partial charge < -0.3 is 10.0 Å². The second-order valence-electron chi connectivity index (χ2n) is 8.08. The Kier molecular flexibility index (Phi) is 4.07. The van der Waals surface area contributed by atoms with Gasteiger partial charge in [-0.05, 0) is 31.9 Å². The molecule has 1 saturated carbocycles. The number of carboxylic acids is 1. The monoisotopic (exact) mass is 342 g/mol. The van der Waals surface area contributed by atoms with Gasteiger partial charge >= 0.3 is 5.97 Å². The third-order valence-electron chi connectivity index (χ3n) is 6.49. The van der Waals surface area contributed by atoms with Gasteiger partial charge in [0, 0.05) is 43.7 Å². The van der Waals surface area contributed by atoms with Crippen molar-refractivity contribution in [2.24, 2.45) is 11.3 Å². The molecule has 5 nitrogen and oxygen atoms in total. The standard InChI is InChI=1S/C20H26N2O3/c1-14-6-8-15(9-7-14)18(23)22-11-16-10-21(17-4-2-3-5-17)12-20(16,13-22)19(24)25/h6-9,16-17H,2-5,10-13H2,1H3,(H,24,25)/t16?,20-/m0/s1. The van der Waals surface area contributed by atoms with Crippen LogP contribution >= 0.6 is 0 Å². The minimum atomic E-state index is -0.789. The summed E-state index contributed by atoms with van der Waals surface area (Å²) in [5.41, 5.74) is 0.978. The zero-order chi connectivity index (χ0) is 17.6. The molecule has 0 spiro atoms. The molecule has 2 aliphatic heterocycles. The predicted octanol–water partition coefficient (Wildman–Crippen LogP) is 2.40. The van der Waals surface area contributed by atoms with Crippen molar-refractivity contribution in [3.8, 4) is 0 Å². The quantitative estimate of drug-likeness (QED) is 0.916. The Morgan fingerprint density at radius 1 is 1.08 bits per heavy atom. The first-order chi connectivity index (χ1) is 12.0. The van der Waals surface area contributed by atoms with E-state index in [0.717, 1.165) is 12.1 Å². The molecule has 1 aromatic carbocycles. The molecule has 25 heavy (non-hydrogen) atoms. The van der Waals surface area contributed by atoms with Gasteiger partial charge in [0.1, 0.15) is 5.41 Å². The molecular weight excluding hydrogens is 316 g/mol. The van der Waals surface area contributed by atoms with Crippen LogP contribution in [0, 0.1) is 18.3 Å². The molecule has 134 valence electrons. The SMILES string of the molecule is Cc1ccc(C(=O)N2CC3CN(C4CCCC4)C[C@]3(C(=O)O)C2)cc1. The van der Waals surface area contributed by atoms with Crippen LogP contribution < -0.4 is 0 Å². The average molecular weight is 342 g/mol. The first-order valence-electron chi connectivity index (χ1n) is 9.33. The second-order valence-corrected chi connectivity index (χ2v) is 8.08. The van der Waals surface area contributed by atoms with Crippen LogP contribution in [0.5, 0.6) is 0 Å². The first kappa shape index (κ1) is 16.6. The Hall–Kier alpha value is -1.88. The molecule has 2 heterocycles. The van der Waals surface area contributed by atoms with E-state index in [0.29, 0.717) is 31.2 Å². The number of hydrogen-bond donors (Lipinski definition) is 1. The molecule has 1 N–H and O–H groups in total. The summed E-state index contributed by atoms with van der Waals surface area (Å²) in [7, 11) is 0. The van der Waals surface area contributed by atoms with E-state index in [1.807, 2.05) is 31.2 Å². The summed E-state index contributed by atoms with van der Waals surface area (Å²) in [6.45, 7) is 4.29. The van der Waals surface area contributed by atoms with Gasteiger partial charge in [-0.1, -0.05) is 30.5 Å². The maximum Gasteiger partial charge on any atom is 0.313 e. The number of carboxylic acid groups (broad SMARTS) is 1. The Morgan fingerprint density at radius 3 is 2.36 bits per heavy atom. The van der Waals surface area contributed by atoms with E-state index in [9.17, 15) is 14.7 Å². The Labute approximate surface area is 148 Å². The predicted molar refractivity (Wildman–Crippen MR) is 94.5 cm³/mol. The largest absolute Gasteiger partial charge is 0.481 e. The van der Waals surface area contributed by atoms with Gasteiger partial charge in [-0.3, -0.25) is 14.5 Å². The molecule has 1 unspecified atom stereocenters. The van der Waals surface area contributed by atoms with E-state index in [4.69, 9.17) is 0 Å². The summed E-state index contributed by atoms with van der Waals surface area (Å²) in [6.07, 6.45) is 4.89. The number of nitrogens with zero attached hydrogens (tertiary/aromatic N) is 2. The maximum absolute atomic E-state index is 12.8. The van der Waals surface area contributed by atoms with Gasteiger partial charge in [0.05, 0.1) is 0 Å². The van der Waals surface area contributed by atoms with Crippen LogP contribution in [0.3, 0.4) is 0 Å². The van der Waals surface area contributed by atoms with Crippen LogP contribution in [0.15, 0.2) is 24.3 Å². The molecule has 0 aromatic heterocycles. The van der Waals surface area contributed by atoms with Crippen molar-refractivity contribution >= 4 is 11.9 Å². The molecule has 1 aliphatic carbocycles. The number of carbonyl (C=O) groups is 2. The molecule has 1 aromatic rings. The fourth-order valence-corrected chi connectivity index (χ4v) is 4.99. The van der Waals surface area contributed by atoms with Crippen LogP contribution in [0.1, 0.15) is 41.6 Å². The van der Waals surface area contributed by atoms with Crippen LogP contribution in [-0.4, -0.2) is 59.0 Å². The third kappa shape index (κ3) is 2.74. The lowest BCUT2D eigenvalue weighted by Crippen LogP contribution is -2.43. The number of aryl methyl sites for hydroxylation is 1. The minimum absolute atomic E-state index is 0.0394. The number of rotatable bonds is 3. The number of fused-ring (bicyclic) bond motifs is 1. The highest BCUT2D eigenvalue weighted by atomic mass is 16.4. The molecule has 3 aliphatic rings. The molecule has 4 rings (SSSR count). The van der Waals surface area contributed by atoms with E-state index >= 15 is 0 Å². The molecule has 0 bridgehead atoms. The zero-order valence-electron chi connectivity index (χ0n) is 14.8. The lowest BCUT2D eigenvalue weighted by atomic mass is 9.81. The highest BCUT2D eigenvalue weighted by molar-refractivity contribution is 5.95. The molecule has 1 amide bonds. The Balaban J connectivity index is 1.52. The Bertz CT molecular complexity index is 681. The number of likely N-dealkylation sites (tertiary alicyclic amines) is 2. The van der Waals surface area contributed by atoms with Crippen molar-refractivity contribution in [1.29, 1.82) is 0 Å². The highest BCUT2D eigenvalue weighted by Crippen LogP contribution is 2.45. The van der Waals surface area contributed by atoms with Crippen LogP contribution in [0.25, 0.3) is 0 Å². The lowest BCUT2D eigenvalue weighted by Gasteiger charge is -2.28. The summed E-state index contributed by atoms with van der Waals surface area (Å²) in [4.78, 5) is 29.1. The molecule has 2 saturated heterocycles. The van der Waals surface area contributed by atoms with Gasteiger partial charge in [-0.2, -0.15) is 0 Å². The first-order valence-corrected chi connectivity index (χ1v) is 9.33. The van der Waals surface area contributed by atoms with Gasteiger partial charge in [-0.15, -0.1) is 0 Å².